The second-order valence-corrected chi connectivity index (χ2v) is 5.62. The van der Waals surface area contributed by atoms with E-state index in [9.17, 15) is 4.79 Å². The largest absolute Gasteiger partial charge is 0.341 e. The Morgan fingerprint density at radius 3 is 2.72 bits per heavy atom. The summed E-state index contributed by atoms with van der Waals surface area (Å²) in [5.41, 5.74) is 0. The van der Waals surface area contributed by atoms with Gasteiger partial charge in [-0.2, -0.15) is 0 Å². The van der Waals surface area contributed by atoms with Crippen LogP contribution >= 0.6 is 0 Å². The molecule has 0 aromatic heterocycles. The van der Waals surface area contributed by atoms with Gasteiger partial charge in [0, 0.05) is 25.7 Å². The van der Waals surface area contributed by atoms with Crippen molar-refractivity contribution in [2.75, 3.05) is 39.3 Å². The smallest absolute Gasteiger partial charge is 0.236 e. The van der Waals surface area contributed by atoms with Crippen LogP contribution in [0.3, 0.4) is 0 Å². The standard InChI is InChI=1S/C14H27N3O/c1-2-8-16(11-13-6-3-4-7-15-13)12-14(18)17-9-5-10-17/h13,15H,2-12H2,1H3. The summed E-state index contributed by atoms with van der Waals surface area (Å²) in [7, 11) is 0. The fourth-order valence-corrected chi connectivity index (χ4v) is 2.80. The van der Waals surface area contributed by atoms with E-state index in [1.165, 1.54) is 25.7 Å². The van der Waals surface area contributed by atoms with Crippen LogP contribution in [0.4, 0.5) is 0 Å². The molecule has 2 aliphatic rings. The number of nitrogens with zero attached hydrogens (tertiary/aromatic N) is 2. The zero-order valence-corrected chi connectivity index (χ0v) is 11.7. The van der Waals surface area contributed by atoms with Crippen molar-refractivity contribution in [1.29, 1.82) is 0 Å². The fourth-order valence-electron chi connectivity index (χ4n) is 2.80. The van der Waals surface area contributed by atoms with Crippen LogP contribution in [0, 0.1) is 0 Å². The van der Waals surface area contributed by atoms with E-state index >= 15 is 0 Å². The van der Waals surface area contributed by atoms with Crippen molar-refractivity contribution in [2.24, 2.45) is 0 Å². The average Bonchev–Trinajstić information content (AvgIpc) is 2.28. The first kappa shape index (κ1) is 13.8. The maximum absolute atomic E-state index is 12.0. The van der Waals surface area contributed by atoms with Gasteiger partial charge in [-0.1, -0.05) is 13.3 Å². The molecular weight excluding hydrogens is 226 g/mol. The summed E-state index contributed by atoms with van der Waals surface area (Å²) in [4.78, 5) is 16.3. The number of amides is 1. The van der Waals surface area contributed by atoms with Gasteiger partial charge in [-0.15, -0.1) is 0 Å². The lowest BCUT2D eigenvalue weighted by Crippen LogP contribution is -2.50. The molecule has 0 spiro atoms. The van der Waals surface area contributed by atoms with E-state index in [-0.39, 0.29) is 0 Å². The van der Waals surface area contributed by atoms with Gasteiger partial charge in [-0.25, -0.2) is 0 Å². The van der Waals surface area contributed by atoms with Gasteiger partial charge in [0.05, 0.1) is 6.54 Å². The molecule has 1 atom stereocenters. The Morgan fingerprint density at radius 1 is 1.33 bits per heavy atom. The maximum atomic E-state index is 12.0. The molecule has 1 unspecified atom stereocenters. The number of carbonyl (C=O) groups is 1. The molecule has 0 aliphatic carbocycles. The molecule has 2 heterocycles. The minimum Gasteiger partial charge on any atom is -0.341 e. The lowest BCUT2D eigenvalue weighted by molar-refractivity contribution is -0.135. The van der Waals surface area contributed by atoms with E-state index in [2.05, 4.69) is 17.1 Å². The van der Waals surface area contributed by atoms with Gasteiger partial charge in [0.1, 0.15) is 0 Å². The van der Waals surface area contributed by atoms with Crippen molar-refractivity contribution in [1.82, 2.24) is 15.1 Å². The molecule has 0 radical (unpaired) electrons. The predicted molar refractivity (Wildman–Crippen MR) is 73.6 cm³/mol. The van der Waals surface area contributed by atoms with Crippen molar-refractivity contribution < 1.29 is 4.79 Å². The number of rotatable bonds is 6. The molecule has 104 valence electrons. The first-order valence-electron chi connectivity index (χ1n) is 7.53. The van der Waals surface area contributed by atoms with Crippen LogP contribution in [0.5, 0.6) is 0 Å². The van der Waals surface area contributed by atoms with E-state index in [0.717, 1.165) is 39.1 Å². The normalized spacial score (nSPS) is 24.1. The summed E-state index contributed by atoms with van der Waals surface area (Å²) in [5, 5.41) is 3.57. The summed E-state index contributed by atoms with van der Waals surface area (Å²) in [6.07, 6.45) is 6.20. The molecule has 1 amide bonds. The fraction of sp³-hybridized carbons (Fsp3) is 0.929. The van der Waals surface area contributed by atoms with Crippen LogP contribution in [0.15, 0.2) is 0 Å². The van der Waals surface area contributed by atoms with Gasteiger partial charge >= 0.3 is 0 Å². The highest BCUT2D eigenvalue weighted by molar-refractivity contribution is 5.78. The van der Waals surface area contributed by atoms with Crippen molar-refractivity contribution >= 4 is 5.91 Å². The number of hydrogen-bond donors (Lipinski definition) is 1. The van der Waals surface area contributed by atoms with Crippen LogP contribution in [0.25, 0.3) is 0 Å². The van der Waals surface area contributed by atoms with Gasteiger partial charge < -0.3 is 10.2 Å². The van der Waals surface area contributed by atoms with Crippen molar-refractivity contribution in [3.8, 4) is 0 Å². The van der Waals surface area contributed by atoms with Gasteiger partial charge in [-0.3, -0.25) is 9.69 Å². The topological polar surface area (TPSA) is 35.6 Å². The third-order valence-electron chi connectivity index (χ3n) is 4.00. The summed E-state index contributed by atoms with van der Waals surface area (Å²) in [6.45, 7) is 7.97. The van der Waals surface area contributed by atoms with Crippen LogP contribution in [0.1, 0.15) is 39.0 Å². The molecule has 4 nitrogen and oxygen atoms in total. The molecule has 2 saturated heterocycles. The van der Waals surface area contributed by atoms with Crippen molar-refractivity contribution in [2.45, 2.75) is 45.1 Å². The zero-order valence-electron chi connectivity index (χ0n) is 11.7. The Labute approximate surface area is 111 Å². The SMILES string of the molecule is CCCN(CC(=O)N1CCC1)CC1CCCCN1. The molecule has 4 heteroatoms. The van der Waals surface area contributed by atoms with Gasteiger partial charge in [0.15, 0.2) is 0 Å². The van der Waals surface area contributed by atoms with Crippen LogP contribution in [0.2, 0.25) is 0 Å². The van der Waals surface area contributed by atoms with Crippen molar-refractivity contribution in [3.63, 3.8) is 0 Å². The molecular formula is C14H27N3O. The number of nitrogens with one attached hydrogen (secondary N) is 1. The molecule has 2 fully saturated rings. The summed E-state index contributed by atoms with van der Waals surface area (Å²) >= 11 is 0. The van der Waals surface area contributed by atoms with Crippen molar-refractivity contribution in [3.05, 3.63) is 0 Å². The third kappa shape index (κ3) is 3.95. The third-order valence-corrected chi connectivity index (χ3v) is 4.00. The van der Waals surface area contributed by atoms with Crippen LogP contribution in [-0.4, -0.2) is 61.0 Å². The Balaban J connectivity index is 1.76. The highest BCUT2D eigenvalue weighted by Crippen LogP contribution is 2.11. The molecule has 0 aromatic rings. The monoisotopic (exact) mass is 253 g/mol. The van der Waals surface area contributed by atoms with E-state index in [1.807, 2.05) is 4.90 Å². The zero-order chi connectivity index (χ0) is 12.8. The van der Waals surface area contributed by atoms with E-state index < -0.39 is 0 Å². The number of carbonyl (C=O) groups excluding carboxylic acids is 1. The summed E-state index contributed by atoms with van der Waals surface area (Å²) < 4.78 is 0. The Morgan fingerprint density at radius 2 is 2.17 bits per heavy atom. The second kappa shape index (κ2) is 7.10. The number of likely N-dealkylation sites (tertiary alicyclic amines) is 1. The van der Waals surface area contributed by atoms with E-state index in [1.54, 1.807) is 0 Å². The highest BCUT2D eigenvalue weighted by Gasteiger charge is 2.23. The quantitative estimate of drug-likeness (QED) is 0.769. The lowest BCUT2D eigenvalue weighted by atomic mass is 10.0. The van der Waals surface area contributed by atoms with E-state index in [0.29, 0.717) is 18.5 Å². The van der Waals surface area contributed by atoms with Gasteiger partial charge in [-0.05, 0) is 38.8 Å². The first-order chi connectivity index (χ1) is 8.79. The minimum atomic E-state index is 0.325. The highest BCUT2D eigenvalue weighted by atomic mass is 16.2. The lowest BCUT2D eigenvalue weighted by Gasteiger charge is -2.35. The first-order valence-corrected chi connectivity index (χ1v) is 7.53. The van der Waals surface area contributed by atoms with Crippen LogP contribution < -0.4 is 5.32 Å². The second-order valence-electron chi connectivity index (χ2n) is 5.62. The Hall–Kier alpha value is -0.610. The molecule has 18 heavy (non-hydrogen) atoms. The molecule has 1 N–H and O–H groups in total. The maximum Gasteiger partial charge on any atom is 0.236 e. The summed E-state index contributed by atoms with van der Waals surface area (Å²) in [5.74, 6) is 0.325. The number of hydrogen-bond acceptors (Lipinski definition) is 3. The minimum absolute atomic E-state index is 0.325. The molecule has 0 bridgehead atoms. The van der Waals surface area contributed by atoms with Crippen LogP contribution in [-0.2, 0) is 4.79 Å². The predicted octanol–water partition coefficient (Wildman–Crippen LogP) is 1.07. The molecule has 0 saturated carbocycles. The number of piperidine rings is 1. The summed E-state index contributed by atoms with van der Waals surface area (Å²) in [6, 6.07) is 0.592. The van der Waals surface area contributed by atoms with Gasteiger partial charge in [0.2, 0.25) is 5.91 Å². The molecule has 0 aromatic carbocycles. The molecule has 2 aliphatic heterocycles. The Kier molecular flexibility index (Phi) is 5.45. The average molecular weight is 253 g/mol. The van der Waals surface area contributed by atoms with E-state index in [4.69, 9.17) is 0 Å². The molecule has 2 rings (SSSR count). The Bertz CT molecular complexity index is 260. The van der Waals surface area contributed by atoms with Gasteiger partial charge in [0.25, 0.3) is 0 Å².